The number of carbonyl (C=O) groups is 1. The average molecular weight is 433 g/mol. The van der Waals surface area contributed by atoms with Gasteiger partial charge in [0.25, 0.3) is 0 Å². The first-order valence-corrected chi connectivity index (χ1v) is 11.2. The number of nitrogens with one attached hydrogen (secondary N) is 1. The van der Waals surface area contributed by atoms with Gasteiger partial charge >= 0.3 is 0 Å². The predicted molar refractivity (Wildman–Crippen MR) is 107 cm³/mol. The van der Waals surface area contributed by atoms with Crippen LogP contribution < -0.4 is 5.32 Å². The minimum atomic E-state index is -3.91. The van der Waals surface area contributed by atoms with E-state index in [-0.39, 0.29) is 11.4 Å². The molecule has 1 saturated heterocycles. The lowest BCUT2D eigenvalue weighted by molar-refractivity contribution is -0.119. The zero-order valence-corrected chi connectivity index (χ0v) is 16.8. The zero-order valence-electron chi connectivity index (χ0n) is 15.2. The molecule has 7 nitrogen and oxygen atoms in total. The number of hydrogen-bond acceptors (Lipinski definition) is 6. The molecule has 1 aliphatic rings. The molecule has 0 aliphatic carbocycles. The third-order valence-corrected chi connectivity index (χ3v) is 7.41. The van der Waals surface area contributed by atoms with Gasteiger partial charge in [-0.25, -0.2) is 12.8 Å². The van der Waals surface area contributed by atoms with E-state index in [2.05, 4.69) is 15.5 Å². The van der Waals surface area contributed by atoms with Gasteiger partial charge in [0.2, 0.25) is 21.1 Å². The summed E-state index contributed by atoms with van der Waals surface area (Å²) in [6.45, 7) is 0.225. The van der Waals surface area contributed by atoms with E-state index in [0.717, 1.165) is 22.0 Å². The van der Waals surface area contributed by atoms with Crippen molar-refractivity contribution in [2.45, 2.75) is 23.8 Å². The van der Waals surface area contributed by atoms with Crippen LogP contribution in [0.4, 0.5) is 9.52 Å². The van der Waals surface area contributed by atoms with E-state index in [9.17, 15) is 17.6 Å². The first kappa shape index (κ1) is 19.6. The molecule has 0 saturated carbocycles. The van der Waals surface area contributed by atoms with Gasteiger partial charge in [-0.3, -0.25) is 10.1 Å². The van der Waals surface area contributed by atoms with Crippen LogP contribution in [0.2, 0.25) is 0 Å². The SMILES string of the molecule is O=C(Nc1nnc(-c2ccccc2)s1)[C@@H]1CCCN1S(=O)(=O)c1ccc(F)cc1. The van der Waals surface area contributed by atoms with Crippen LogP contribution in [0, 0.1) is 5.82 Å². The summed E-state index contributed by atoms with van der Waals surface area (Å²) in [6, 6.07) is 13.2. The van der Waals surface area contributed by atoms with Gasteiger partial charge in [-0.2, -0.15) is 4.31 Å². The molecule has 1 amide bonds. The van der Waals surface area contributed by atoms with Crippen LogP contribution in [0.3, 0.4) is 0 Å². The van der Waals surface area contributed by atoms with Crippen LogP contribution in [0.1, 0.15) is 12.8 Å². The number of halogens is 1. The third kappa shape index (κ3) is 4.04. The topological polar surface area (TPSA) is 92.3 Å². The summed E-state index contributed by atoms with van der Waals surface area (Å²) < 4.78 is 40.1. The first-order valence-electron chi connectivity index (χ1n) is 8.92. The van der Waals surface area contributed by atoms with Crippen molar-refractivity contribution >= 4 is 32.4 Å². The molecule has 1 fully saturated rings. The van der Waals surface area contributed by atoms with Crippen molar-refractivity contribution < 1.29 is 17.6 Å². The van der Waals surface area contributed by atoms with E-state index in [4.69, 9.17) is 0 Å². The van der Waals surface area contributed by atoms with Gasteiger partial charge in [-0.05, 0) is 37.1 Å². The van der Waals surface area contributed by atoms with Gasteiger partial charge in [0.1, 0.15) is 16.9 Å². The molecule has 3 aromatic rings. The number of sulfonamides is 1. The fourth-order valence-electron chi connectivity index (χ4n) is 3.19. The predicted octanol–water partition coefficient (Wildman–Crippen LogP) is 3.14. The minimum Gasteiger partial charge on any atom is -0.299 e. The molecule has 0 radical (unpaired) electrons. The van der Waals surface area contributed by atoms with E-state index in [0.29, 0.717) is 23.0 Å². The molecule has 2 aromatic carbocycles. The normalized spacial score (nSPS) is 17.3. The van der Waals surface area contributed by atoms with Crippen molar-refractivity contribution in [3.05, 3.63) is 60.4 Å². The summed E-state index contributed by atoms with van der Waals surface area (Å²) in [5, 5.41) is 11.7. The van der Waals surface area contributed by atoms with E-state index < -0.39 is 27.8 Å². The summed E-state index contributed by atoms with van der Waals surface area (Å²) in [7, 11) is -3.91. The fourth-order valence-corrected chi connectivity index (χ4v) is 5.60. The molecule has 0 spiro atoms. The van der Waals surface area contributed by atoms with Crippen LogP contribution in [0.15, 0.2) is 59.5 Å². The second-order valence-electron chi connectivity index (χ2n) is 6.50. The molecular weight excluding hydrogens is 415 g/mol. The number of anilines is 1. The zero-order chi connectivity index (χ0) is 20.4. The Labute approximate surface area is 171 Å². The summed E-state index contributed by atoms with van der Waals surface area (Å²) in [4.78, 5) is 12.7. The number of amides is 1. The van der Waals surface area contributed by atoms with Gasteiger partial charge in [-0.1, -0.05) is 41.7 Å². The van der Waals surface area contributed by atoms with Crippen molar-refractivity contribution in [1.29, 1.82) is 0 Å². The first-order chi connectivity index (χ1) is 13.9. The largest absolute Gasteiger partial charge is 0.299 e. The minimum absolute atomic E-state index is 0.0409. The molecule has 4 rings (SSSR count). The fraction of sp³-hybridized carbons (Fsp3) is 0.211. The molecule has 0 bridgehead atoms. The maximum absolute atomic E-state index is 13.1. The van der Waals surface area contributed by atoms with Crippen molar-refractivity contribution in [2.75, 3.05) is 11.9 Å². The number of nitrogens with zero attached hydrogens (tertiary/aromatic N) is 3. The lowest BCUT2D eigenvalue weighted by Gasteiger charge is -2.22. The highest BCUT2D eigenvalue weighted by atomic mass is 32.2. The van der Waals surface area contributed by atoms with Crippen molar-refractivity contribution in [2.24, 2.45) is 0 Å². The monoisotopic (exact) mass is 432 g/mol. The molecule has 0 unspecified atom stereocenters. The average Bonchev–Trinajstić information content (AvgIpc) is 3.39. The summed E-state index contributed by atoms with van der Waals surface area (Å²) in [5.74, 6) is -0.978. The Hall–Kier alpha value is -2.69. The summed E-state index contributed by atoms with van der Waals surface area (Å²) >= 11 is 1.22. The Balaban J connectivity index is 1.51. The lowest BCUT2D eigenvalue weighted by Crippen LogP contribution is -2.43. The Kier molecular flexibility index (Phi) is 5.39. The smallest absolute Gasteiger partial charge is 0.244 e. The number of rotatable bonds is 5. The summed E-state index contributed by atoms with van der Waals surface area (Å²) in [6.07, 6.45) is 0.959. The van der Waals surface area contributed by atoms with Crippen molar-refractivity contribution in [3.63, 3.8) is 0 Å². The van der Waals surface area contributed by atoms with Crippen LogP contribution in [0.5, 0.6) is 0 Å². The van der Waals surface area contributed by atoms with E-state index >= 15 is 0 Å². The number of aromatic nitrogens is 2. The highest BCUT2D eigenvalue weighted by Gasteiger charge is 2.39. The highest BCUT2D eigenvalue weighted by Crippen LogP contribution is 2.29. The quantitative estimate of drug-likeness (QED) is 0.669. The highest BCUT2D eigenvalue weighted by molar-refractivity contribution is 7.89. The van der Waals surface area contributed by atoms with Crippen LogP contribution in [0.25, 0.3) is 10.6 Å². The number of benzene rings is 2. The van der Waals surface area contributed by atoms with Gasteiger partial charge in [0.15, 0.2) is 0 Å². The molecule has 1 aliphatic heterocycles. The van der Waals surface area contributed by atoms with Gasteiger partial charge in [0, 0.05) is 12.1 Å². The maximum atomic E-state index is 13.1. The Morgan fingerprint density at radius 1 is 1.10 bits per heavy atom. The third-order valence-electron chi connectivity index (χ3n) is 4.60. The van der Waals surface area contributed by atoms with Crippen molar-refractivity contribution in [1.82, 2.24) is 14.5 Å². The Morgan fingerprint density at radius 3 is 2.55 bits per heavy atom. The van der Waals surface area contributed by atoms with E-state index in [1.165, 1.54) is 23.5 Å². The number of hydrogen-bond donors (Lipinski definition) is 1. The van der Waals surface area contributed by atoms with Crippen LogP contribution >= 0.6 is 11.3 Å². The summed E-state index contributed by atoms with van der Waals surface area (Å²) in [5.41, 5.74) is 0.881. The Morgan fingerprint density at radius 2 is 1.83 bits per heavy atom. The molecule has 2 heterocycles. The molecule has 29 heavy (non-hydrogen) atoms. The van der Waals surface area contributed by atoms with E-state index in [1.54, 1.807) is 0 Å². The molecular formula is C19H17FN4O3S2. The molecule has 1 N–H and O–H groups in total. The van der Waals surface area contributed by atoms with Crippen LogP contribution in [-0.4, -0.2) is 41.4 Å². The van der Waals surface area contributed by atoms with Gasteiger partial charge < -0.3 is 0 Å². The van der Waals surface area contributed by atoms with Crippen molar-refractivity contribution in [3.8, 4) is 10.6 Å². The molecule has 150 valence electrons. The van der Waals surface area contributed by atoms with Gasteiger partial charge in [-0.15, -0.1) is 10.2 Å². The second kappa shape index (κ2) is 7.97. The molecule has 1 aromatic heterocycles. The van der Waals surface area contributed by atoms with Crippen LogP contribution in [-0.2, 0) is 14.8 Å². The maximum Gasteiger partial charge on any atom is 0.244 e. The number of carbonyl (C=O) groups excluding carboxylic acids is 1. The Bertz CT molecular complexity index is 1120. The molecule has 10 heteroatoms. The molecule has 1 atom stereocenters. The van der Waals surface area contributed by atoms with Gasteiger partial charge in [0.05, 0.1) is 4.90 Å². The lowest BCUT2D eigenvalue weighted by atomic mass is 10.2. The van der Waals surface area contributed by atoms with E-state index in [1.807, 2.05) is 30.3 Å². The second-order valence-corrected chi connectivity index (χ2v) is 9.36. The standard InChI is InChI=1S/C19H17FN4O3S2/c20-14-8-10-15(11-9-14)29(26,27)24-12-4-7-16(24)17(25)21-19-23-22-18(28-19)13-5-2-1-3-6-13/h1-3,5-6,8-11,16H,4,7,12H2,(H,21,23,25)/t16-/m0/s1.